The van der Waals surface area contributed by atoms with Crippen molar-refractivity contribution < 1.29 is 0 Å². The maximum absolute atomic E-state index is 4.75. The van der Waals surface area contributed by atoms with Crippen molar-refractivity contribution in [3.8, 4) is 11.3 Å². The van der Waals surface area contributed by atoms with Gasteiger partial charge in [-0.3, -0.25) is 0 Å². The predicted molar refractivity (Wildman–Crippen MR) is 85.2 cm³/mol. The molecule has 0 aliphatic carbocycles. The van der Waals surface area contributed by atoms with E-state index in [2.05, 4.69) is 63.1 Å². The van der Waals surface area contributed by atoms with E-state index in [0.29, 0.717) is 0 Å². The van der Waals surface area contributed by atoms with Gasteiger partial charge in [-0.05, 0) is 26.0 Å². The summed E-state index contributed by atoms with van der Waals surface area (Å²) < 4.78 is 0. The molecule has 0 aliphatic heterocycles. The Balaban J connectivity index is 2.61. The summed E-state index contributed by atoms with van der Waals surface area (Å²) in [5.74, 6) is 1.72. The maximum Gasteiger partial charge on any atom is 0.136 e. The zero-order valence-corrected chi connectivity index (χ0v) is 13.2. The Morgan fingerprint density at radius 3 is 2.00 bits per heavy atom. The number of anilines is 1. The number of hydrogen-bond acceptors (Lipinski definition) is 3. The molecule has 3 nitrogen and oxygen atoms in total. The van der Waals surface area contributed by atoms with Gasteiger partial charge >= 0.3 is 0 Å². The number of benzene rings is 1. The largest absolute Gasteiger partial charge is 0.373 e. The van der Waals surface area contributed by atoms with Gasteiger partial charge < -0.3 is 5.32 Å². The minimum atomic E-state index is -0.0690. The molecule has 2 rings (SSSR count). The van der Waals surface area contributed by atoms with Crippen LogP contribution in [0.15, 0.2) is 24.3 Å². The van der Waals surface area contributed by atoms with Crippen LogP contribution in [0.5, 0.6) is 0 Å². The molecule has 1 aromatic carbocycles. The Bertz CT molecular complexity index is 604. The second-order valence-corrected chi connectivity index (χ2v) is 6.34. The SMILES string of the molecule is CNc1cc(-c2cc(C)cc(C)c2)nc(C(C)(C)C)n1. The van der Waals surface area contributed by atoms with Crippen LogP contribution in [-0.4, -0.2) is 17.0 Å². The van der Waals surface area contributed by atoms with E-state index in [1.165, 1.54) is 11.1 Å². The Morgan fingerprint density at radius 2 is 1.50 bits per heavy atom. The van der Waals surface area contributed by atoms with E-state index in [1.807, 2.05) is 13.1 Å². The summed E-state index contributed by atoms with van der Waals surface area (Å²) in [6.45, 7) is 10.6. The molecule has 20 heavy (non-hydrogen) atoms. The minimum Gasteiger partial charge on any atom is -0.373 e. The molecule has 0 amide bonds. The van der Waals surface area contributed by atoms with E-state index in [0.717, 1.165) is 22.9 Å². The van der Waals surface area contributed by atoms with Gasteiger partial charge in [0.1, 0.15) is 11.6 Å². The second-order valence-electron chi connectivity index (χ2n) is 6.34. The first-order valence-corrected chi connectivity index (χ1v) is 6.95. The zero-order valence-electron chi connectivity index (χ0n) is 13.2. The molecule has 0 radical (unpaired) electrons. The van der Waals surface area contributed by atoms with Crippen LogP contribution in [0, 0.1) is 13.8 Å². The number of aryl methyl sites for hydroxylation is 2. The predicted octanol–water partition coefficient (Wildman–Crippen LogP) is 4.10. The lowest BCUT2D eigenvalue weighted by molar-refractivity contribution is 0.547. The third kappa shape index (κ3) is 3.16. The van der Waals surface area contributed by atoms with Gasteiger partial charge in [0.15, 0.2) is 0 Å². The number of aromatic nitrogens is 2. The monoisotopic (exact) mass is 269 g/mol. The van der Waals surface area contributed by atoms with Crippen molar-refractivity contribution in [3.63, 3.8) is 0 Å². The minimum absolute atomic E-state index is 0.0690. The maximum atomic E-state index is 4.75. The van der Waals surface area contributed by atoms with Crippen LogP contribution in [0.2, 0.25) is 0 Å². The van der Waals surface area contributed by atoms with Crippen LogP contribution in [0.4, 0.5) is 5.82 Å². The topological polar surface area (TPSA) is 37.8 Å². The first-order chi connectivity index (χ1) is 9.29. The van der Waals surface area contributed by atoms with Gasteiger partial charge in [-0.2, -0.15) is 0 Å². The fourth-order valence-corrected chi connectivity index (χ4v) is 2.18. The Labute approximate surface area is 121 Å². The third-order valence-electron chi connectivity index (χ3n) is 3.17. The third-order valence-corrected chi connectivity index (χ3v) is 3.17. The van der Waals surface area contributed by atoms with Crippen LogP contribution < -0.4 is 5.32 Å². The summed E-state index contributed by atoms with van der Waals surface area (Å²) in [5, 5.41) is 3.13. The molecule has 0 saturated carbocycles. The second kappa shape index (κ2) is 5.23. The van der Waals surface area contributed by atoms with Crippen LogP contribution >= 0.6 is 0 Å². The number of nitrogens with zero attached hydrogens (tertiary/aromatic N) is 2. The molecule has 0 bridgehead atoms. The van der Waals surface area contributed by atoms with Gasteiger partial charge in [0.2, 0.25) is 0 Å². The van der Waals surface area contributed by atoms with Crippen LogP contribution in [-0.2, 0) is 5.41 Å². The summed E-state index contributed by atoms with van der Waals surface area (Å²) in [7, 11) is 1.89. The normalized spacial score (nSPS) is 11.5. The summed E-state index contributed by atoms with van der Waals surface area (Å²) >= 11 is 0. The first-order valence-electron chi connectivity index (χ1n) is 6.95. The molecule has 2 aromatic rings. The fourth-order valence-electron chi connectivity index (χ4n) is 2.18. The highest BCUT2D eigenvalue weighted by molar-refractivity contribution is 5.64. The van der Waals surface area contributed by atoms with Crippen LogP contribution in [0.25, 0.3) is 11.3 Å². The molecular weight excluding hydrogens is 246 g/mol. The van der Waals surface area contributed by atoms with Crippen molar-refractivity contribution in [1.82, 2.24) is 9.97 Å². The summed E-state index contributed by atoms with van der Waals surface area (Å²) in [4.78, 5) is 9.33. The van der Waals surface area contributed by atoms with Gasteiger partial charge in [0, 0.05) is 24.1 Å². The van der Waals surface area contributed by atoms with Crippen molar-refractivity contribution in [2.75, 3.05) is 12.4 Å². The van der Waals surface area contributed by atoms with Gasteiger partial charge in [-0.1, -0.05) is 38.0 Å². The molecule has 3 heteroatoms. The average molecular weight is 269 g/mol. The van der Waals surface area contributed by atoms with E-state index in [9.17, 15) is 0 Å². The van der Waals surface area contributed by atoms with Crippen molar-refractivity contribution >= 4 is 5.82 Å². The van der Waals surface area contributed by atoms with E-state index in [-0.39, 0.29) is 5.41 Å². The van der Waals surface area contributed by atoms with Crippen LogP contribution in [0.1, 0.15) is 37.7 Å². The summed E-state index contributed by atoms with van der Waals surface area (Å²) in [5.41, 5.74) is 4.55. The van der Waals surface area contributed by atoms with E-state index >= 15 is 0 Å². The highest BCUT2D eigenvalue weighted by atomic mass is 15.0. The van der Waals surface area contributed by atoms with Crippen molar-refractivity contribution in [2.45, 2.75) is 40.0 Å². The lowest BCUT2D eigenvalue weighted by atomic mass is 9.95. The lowest BCUT2D eigenvalue weighted by Gasteiger charge is -2.18. The lowest BCUT2D eigenvalue weighted by Crippen LogP contribution is -2.17. The summed E-state index contributed by atoms with van der Waals surface area (Å²) in [6, 6.07) is 8.51. The molecule has 0 spiro atoms. The smallest absolute Gasteiger partial charge is 0.136 e. The molecule has 1 heterocycles. The number of nitrogens with one attached hydrogen (secondary N) is 1. The Kier molecular flexibility index (Phi) is 3.80. The molecule has 106 valence electrons. The van der Waals surface area contributed by atoms with Crippen molar-refractivity contribution in [2.24, 2.45) is 0 Å². The average Bonchev–Trinajstić information content (AvgIpc) is 2.36. The highest BCUT2D eigenvalue weighted by Gasteiger charge is 2.19. The van der Waals surface area contributed by atoms with Crippen molar-refractivity contribution in [3.05, 3.63) is 41.2 Å². The number of rotatable bonds is 2. The standard InChI is InChI=1S/C17H23N3/c1-11-7-12(2)9-13(8-11)14-10-15(18-6)20-16(19-14)17(3,4)5/h7-10H,1-6H3,(H,18,19,20). The van der Waals surface area contributed by atoms with Crippen molar-refractivity contribution in [1.29, 1.82) is 0 Å². The Morgan fingerprint density at radius 1 is 0.900 bits per heavy atom. The van der Waals surface area contributed by atoms with E-state index < -0.39 is 0 Å². The first kappa shape index (κ1) is 14.5. The Hall–Kier alpha value is -1.90. The molecule has 0 saturated heterocycles. The van der Waals surface area contributed by atoms with Gasteiger partial charge in [0.25, 0.3) is 0 Å². The molecule has 0 atom stereocenters. The number of hydrogen-bond donors (Lipinski definition) is 1. The molecule has 1 aromatic heterocycles. The van der Waals surface area contributed by atoms with Gasteiger partial charge in [0.05, 0.1) is 5.69 Å². The molecule has 0 unspecified atom stereocenters. The summed E-state index contributed by atoms with van der Waals surface area (Å²) in [6.07, 6.45) is 0. The molecular formula is C17H23N3. The van der Waals surface area contributed by atoms with Crippen LogP contribution in [0.3, 0.4) is 0 Å². The molecule has 0 aliphatic rings. The van der Waals surface area contributed by atoms with Gasteiger partial charge in [-0.15, -0.1) is 0 Å². The quantitative estimate of drug-likeness (QED) is 0.892. The van der Waals surface area contributed by atoms with Gasteiger partial charge in [-0.25, -0.2) is 9.97 Å². The van der Waals surface area contributed by atoms with E-state index in [1.54, 1.807) is 0 Å². The zero-order chi connectivity index (χ0) is 14.9. The molecule has 1 N–H and O–H groups in total. The highest BCUT2D eigenvalue weighted by Crippen LogP contribution is 2.26. The fraction of sp³-hybridized carbons (Fsp3) is 0.412. The van der Waals surface area contributed by atoms with E-state index in [4.69, 9.17) is 4.98 Å². The molecule has 0 fully saturated rings.